The van der Waals surface area contributed by atoms with E-state index in [0.29, 0.717) is 0 Å². The summed E-state index contributed by atoms with van der Waals surface area (Å²) in [5, 5.41) is 4.74. The van der Waals surface area contributed by atoms with E-state index in [9.17, 15) is 0 Å². The smallest absolute Gasteiger partial charge is 0.143 e. The number of aromatic nitrogens is 1. The molecule has 2 heterocycles. The zero-order valence-corrected chi connectivity index (χ0v) is 41.0. The highest BCUT2D eigenvalue weighted by Gasteiger charge is 2.19. The van der Waals surface area contributed by atoms with Gasteiger partial charge in [0.15, 0.2) is 0 Å². The third-order valence-electron chi connectivity index (χ3n) is 14.8. The average Bonchev–Trinajstić information content (AvgIpc) is 4.05. The molecule has 352 valence electrons. The molecule has 0 N–H and O–H groups in total. The molecule has 0 fully saturated rings. The molecular formula is C72H48N2O. The largest absolute Gasteiger partial charge is 0.455 e. The number of hydrogen-bond donors (Lipinski definition) is 0. The molecule has 14 aromatic rings. The molecule has 0 aliphatic carbocycles. The lowest BCUT2D eigenvalue weighted by Gasteiger charge is -2.26. The highest BCUT2D eigenvalue weighted by Crippen LogP contribution is 2.43. The van der Waals surface area contributed by atoms with E-state index >= 15 is 0 Å². The molecule has 0 bridgehead atoms. The van der Waals surface area contributed by atoms with Crippen molar-refractivity contribution >= 4 is 60.8 Å². The molecule has 0 amide bonds. The summed E-state index contributed by atoms with van der Waals surface area (Å²) >= 11 is 0. The van der Waals surface area contributed by atoms with Crippen LogP contribution in [0.2, 0.25) is 0 Å². The minimum atomic E-state index is 0.902. The minimum absolute atomic E-state index is 0.902. The van der Waals surface area contributed by atoms with E-state index in [-0.39, 0.29) is 0 Å². The standard InChI is InChI=1S/C72H48N2O/c1-3-15-49(16-4-1)51-29-31-52(32-30-51)53-33-40-59(41-34-53)73(60-42-35-54(36-43-60)56-19-13-20-58(47-56)63-24-14-25-67-66-23-9-12-28-71(66)75-72(63)67)61-44-37-55(38-45-61)62-46-39-57(50-17-5-2-6-18-50)48-70(62)74-68-26-10-7-21-64(68)65-22-8-11-27-69(65)74/h1-48H. The summed E-state index contributed by atoms with van der Waals surface area (Å²) in [6.07, 6.45) is 0. The van der Waals surface area contributed by atoms with Crippen LogP contribution in [-0.2, 0) is 0 Å². The molecule has 2 aromatic heterocycles. The van der Waals surface area contributed by atoms with E-state index in [4.69, 9.17) is 4.42 Å². The molecule has 0 spiro atoms. The zero-order chi connectivity index (χ0) is 49.7. The van der Waals surface area contributed by atoms with E-state index in [0.717, 1.165) is 78.1 Å². The van der Waals surface area contributed by atoms with Crippen molar-refractivity contribution in [2.75, 3.05) is 4.90 Å². The van der Waals surface area contributed by atoms with Crippen LogP contribution in [0.1, 0.15) is 0 Å². The molecule has 0 aliphatic rings. The molecule has 3 nitrogen and oxygen atoms in total. The number of anilines is 3. The summed E-state index contributed by atoms with van der Waals surface area (Å²) in [6.45, 7) is 0. The first-order valence-corrected chi connectivity index (χ1v) is 25.6. The number of para-hydroxylation sites is 4. The first kappa shape index (κ1) is 43.8. The molecule has 0 atom stereocenters. The van der Waals surface area contributed by atoms with Gasteiger partial charge < -0.3 is 13.9 Å². The summed E-state index contributed by atoms with van der Waals surface area (Å²) in [7, 11) is 0. The Morgan fingerprint density at radius 1 is 0.253 bits per heavy atom. The Kier molecular flexibility index (Phi) is 10.8. The van der Waals surface area contributed by atoms with Gasteiger partial charge >= 0.3 is 0 Å². The maximum atomic E-state index is 6.46. The van der Waals surface area contributed by atoms with Crippen molar-refractivity contribution in [2.45, 2.75) is 0 Å². The fraction of sp³-hybridized carbons (Fsp3) is 0. The number of hydrogen-bond acceptors (Lipinski definition) is 2. The van der Waals surface area contributed by atoms with Crippen LogP contribution in [-0.4, -0.2) is 4.57 Å². The van der Waals surface area contributed by atoms with Gasteiger partial charge in [-0.1, -0.05) is 224 Å². The first-order chi connectivity index (χ1) is 37.2. The number of fused-ring (bicyclic) bond motifs is 6. The van der Waals surface area contributed by atoms with Crippen LogP contribution in [0.15, 0.2) is 296 Å². The van der Waals surface area contributed by atoms with Gasteiger partial charge in [0.25, 0.3) is 0 Å². The van der Waals surface area contributed by atoms with Crippen molar-refractivity contribution in [1.29, 1.82) is 0 Å². The molecule has 0 saturated heterocycles. The molecule has 0 aliphatic heterocycles. The van der Waals surface area contributed by atoms with Gasteiger partial charge in [0.2, 0.25) is 0 Å². The molecule has 14 rings (SSSR count). The van der Waals surface area contributed by atoms with Gasteiger partial charge in [-0.3, -0.25) is 0 Å². The summed E-state index contributed by atoms with van der Waals surface area (Å²) in [5.74, 6) is 0. The van der Waals surface area contributed by atoms with Crippen molar-refractivity contribution in [3.8, 4) is 72.4 Å². The molecule has 0 unspecified atom stereocenters. The van der Waals surface area contributed by atoms with Crippen LogP contribution < -0.4 is 4.90 Å². The summed E-state index contributed by atoms with van der Waals surface area (Å²) in [4.78, 5) is 2.36. The Balaban J connectivity index is 0.851. The SMILES string of the molecule is c1ccc(-c2ccc(-c3ccc(N(c4ccc(-c5cccc(-c6cccc7c6oc6ccccc67)c5)cc4)c4ccc(-c5ccc(-c6ccccc6)cc5-n5c6ccccc6c6ccccc65)cc4)cc3)cc2)cc1. The second kappa shape index (κ2) is 18.6. The highest BCUT2D eigenvalue weighted by atomic mass is 16.3. The Hall–Kier alpha value is -9.96. The number of furan rings is 1. The minimum Gasteiger partial charge on any atom is -0.455 e. The van der Waals surface area contributed by atoms with Crippen LogP contribution >= 0.6 is 0 Å². The van der Waals surface area contributed by atoms with Crippen molar-refractivity contribution in [2.24, 2.45) is 0 Å². The molecule has 3 heteroatoms. The third kappa shape index (κ3) is 7.95. The van der Waals surface area contributed by atoms with Crippen LogP contribution in [0.3, 0.4) is 0 Å². The molecular weight excluding hydrogens is 909 g/mol. The number of benzene rings is 12. The van der Waals surface area contributed by atoms with Gasteiger partial charge in [-0.2, -0.15) is 0 Å². The molecule has 75 heavy (non-hydrogen) atoms. The van der Waals surface area contributed by atoms with E-state index in [1.165, 1.54) is 55.2 Å². The van der Waals surface area contributed by atoms with Gasteiger partial charge in [0, 0.05) is 49.7 Å². The van der Waals surface area contributed by atoms with E-state index < -0.39 is 0 Å². The second-order valence-electron chi connectivity index (χ2n) is 19.2. The fourth-order valence-corrected chi connectivity index (χ4v) is 11.1. The van der Waals surface area contributed by atoms with E-state index in [1.54, 1.807) is 0 Å². The lowest BCUT2D eigenvalue weighted by atomic mass is 9.97. The topological polar surface area (TPSA) is 21.3 Å². The van der Waals surface area contributed by atoms with Gasteiger partial charge in [0.05, 0.1) is 16.7 Å². The highest BCUT2D eigenvalue weighted by molar-refractivity contribution is 6.11. The normalized spacial score (nSPS) is 11.5. The summed E-state index contributed by atoms with van der Waals surface area (Å²) < 4.78 is 8.91. The van der Waals surface area contributed by atoms with Gasteiger partial charge in [-0.05, 0) is 122 Å². The predicted molar refractivity (Wildman–Crippen MR) is 315 cm³/mol. The Morgan fingerprint density at radius 3 is 1.25 bits per heavy atom. The number of nitrogens with zero attached hydrogens (tertiary/aromatic N) is 2. The lowest BCUT2D eigenvalue weighted by molar-refractivity contribution is 0.670. The van der Waals surface area contributed by atoms with E-state index in [1.807, 2.05) is 12.1 Å². The molecule has 0 radical (unpaired) electrons. The van der Waals surface area contributed by atoms with E-state index in [2.05, 4.69) is 289 Å². The second-order valence-corrected chi connectivity index (χ2v) is 19.2. The monoisotopic (exact) mass is 956 g/mol. The Bertz CT molecular complexity index is 4310. The predicted octanol–water partition coefficient (Wildman–Crippen LogP) is 20.2. The van der Waals surface area contributed by atoms with Crippen molar-refractivity contribution < 1.29 is 4.42 Å². The maximum Gasteiger partial charge on any atom is 0.143 e. The Labute approximate surface area is 436 Å². The third-order valence-corrected chi connectivity index (χ3v) is 14.8. The van der Waals surface area contributed by atoms with Gasteiger partial charge in [-0.25, -0.2) is 0 Å². The number of rotatable bonds is 10. The summed E-state index contributed by atoms with van der Waals surface area (Å²) in [6, 6.07) is 105. The van der Waals surface area contributed by atoms with Gasteiger partial charge in [-0.15, -0.1) is 0 Å². The average molecular weight is 957 g/mol. The van der Waals surface area contributed by atoms with Crippen molar-refractivity contribution in [3.63, 3.8) is 0 Å². The van der Waals surface area contributed by atoms with Crippen molar-refractivity contribution in [3.05, 3.63) is 291 Å². The van der Waals surface area contributed by atoms with Crippen LogP contribution in [0, 0.1) is 0 Å². The van der Waals surface area contributed by atoms with Gasteiger partial charge in [0.1, 0.15) is 11.2 Å². The quantitative estimate of drug-likeness (QED) is 0.136. The zero-order valence-electron chi connectivity index (χ0n) is 41.0. The van der Waals surface area contributed by atoms with Crippen LogP contribution in [0.25, 0.3) is 116 Å². The molecule has 0 saturated carbocycles. The lowest BCUT2D eigenvalue weighted by Crippen LogP contribution is -2.09. The van der Waals surface area contributed by atoms with Crippen LogP contribution in [0.4, 0.5) is 17.1 Å². The summed E-state index contributed by atoms with van der Waals surface area (Å²) in [5.41, 5.74) is 22.4. The molecule has 12 aromatic carbocycles. The van der Waals surface area contributed by atoms with Crippen molar-refractivity contribution in [1.82, 2.24) is 4.57 Å². The maximum absolute atomic E-state index is 6.46. The first-order valence-electron chi connectivity index (χ1n) is 25.6. The Morgan fingerprint density at radius 2 is 0.653 bits per heavy atom. The van der Waals surface area contributed by atoms with Crippen LogP contribution in [0.5, 0.6) is 0 Å². The fourth-order valence-electron chi connectivity index (χ4n) is 11.1.